The molecule has 0 atom stereocenters. The molecule has 1 fully saturated rings. The summed E-state index contributed by atoms with van der Waals surface area (Å²) in [5, 5.41) is 5.10. The van der Waals surface area contributed by atoms with Gasteiger partial charge in [0.1, 0.15) is 12.4 Å². The van der Waals surface area contributed by atoms with Gasteiger partial charge in [0, 0.05) is 38.4 Å². The molecule has 2 N–H and O–H groups in total. The summed E-state index contributed by atoms with van der Waals surface area (Å²) < 4.78 is 28.3. The number of rotatable bonds is 6. The Morgan fingerprint density at radius 3 is 2.30 bits per heavy atom. The van der Waals surface area contributed by atoms with Crippen molar-refractivity contribution in [2.24, 2.45) is 5.14 Å². The molecule has 1 aliphatic heterocycles. The number of piperazine rings is 1. The lowest BCUT2D eigenvalue weighted by Crippen LogP contribution is -2.47. The second kappa shape index (κ2) is 8.29. The summed E-state index contributed by atoms with van der Waals surface area (Å²) in [7, 11) is -3.66. The van der Waals surface area contributed by atoms with E-state index in [1.807, 2.05) is 0 Å². The Morgan fingerprint density at radius 1 is 1.00 bits per heavy atom. The topological polar surface area (TPSA) is 75.9 Å². The SMILES string of the molecule is Cc1cccc(N2CCN(CCOc3ccc(S(N)(=O)=O)cc3)CC2)c1C. The fourth-order valence-electron chi connectivity index (χ4n) is 3.31. The van der Waals surface area contributed by atoms with E-state index in [1.165, 1.54) is 28.9 Å². The van der Waals surface area contributed by atoms with Crippen molar-refractivity contribution in [3.05, 3.63) is 53.6 Å². The third-order valence-electron chi connectivity index (χ3n) is 5.12. The zero-order valence-corrected chi connectivity index (χ0v) is 16.7. The first-order valence-electron chi connectivity index (χ1n) is 9.14. The summed E-state index contributed by atoms with van der Waals surface area (Å²) in [4.78, 5) is 4.93. The Hall–Kier alpha value is -2.09. The maximum Gasteiger partial charge on any atom is 0.238 e. The van der Waals surface area contributed by atoms with E-state index in [-0.39, 0.29) is 4.90 Å². The zero-order valence-electron chi connectivity index (χ0n) is 15.9. The van der Waals surface area contributed by atoms with E-state index < -0.39 is 10.0 Å². The van der Waals surface area contributed by atoms with Crippen LogP contribution in [-0.2, 0) is 10.0 Å². The van der Waals surface area contributed by atoms with Crippen molar-refractivity contribution in [3.8, 4) is 5.75 Å². The van der Waals surface area contributed by atoms with Crippen LogP contribution >= 0.6 is 0 Å². The lowest BCUT2D eigenvalue weighted by Gasteiger charge is -2.37. The summed E-state index contributed by atoms with van der Waals surface area (Å²) in [5.41, 5.74) is 4.02. The van der Waals surface area contributed by atoms with Crippen LogP contribution in [0.2, 0.25) is 0 Å². The molecule has 2 aromatic carbocycles. The van der Waals surface area contributed by atoms with Gasteiger partial charge < -0.3 is 9.64 Å². The third-order valence-corrected chi connectivity index (χ3v) is 6.05. The van der Waals surface area contributed by atoms with Crippen molar-refractivity contribution in [3.63, 3.8) is 0 Å². The Morgan fingerprint density at radius 2 is 1.67 bits per heavy atom. The van der Waals surface area contributed by atoms with Crippen LogP contribution in [0.5, 0.6) is 5.75 Å². The molecule has 0 aliphatic carbocycles. The standard InChI is InChI=1S/C20H27N3O3S/c1-16-4-3-5-20(17(16)2)23-12-10-22(11-13-23)14-15-26-18-6-8-19(9-7-18)27(21,24)25/h3-9H,10-15H2,1-2H3,(H2,21,24,25). The number of ether oxygens (including phenoxy) is 1. The van der Waals surface area contributed by atoms with Crippen LogP contribution in [0, 0.1) is 13.8 Å². The molecule has 3 rings (SSSR count). The van der Waals surface area contributed by atoms with Gasteiger partial charge in [0.05, 0.1) is 4.90 Å². The van der Waals surface area contributed by atoms with E-state index in [0.29, 0.717) is 12.4 Å². The Balaban J connectivity index is 1.45. The molecule has 0 unspecified atom stereocenters. The van der Waals surface area contributed by atoms with Crippen LogP contribution in [0.3, 0.4) is 0 Å². The summed E-state index contributed by atoms with van der Waals surface area (Å²) in [6.07, 6.45) is 0. The highest BCUT2D eigenvalue weighted by molar-refractivity contribution is 7.89. The largest absolute Gasteiger partial charge is 0.492 e. The molecule has 0 spiro atoms. The summed E-state index contributed by atoms with van der Waals surface area (Å²) >= 11 is 0. The Kier molecular flexibility index (Phi) is 6.04. The number of benzene rings is 2. The Bertz CT molecular complexity index is 874. The van der Waals surface area contributed by atoms with Gasteiger partial charge in [-0.15, -0.1) is 0 Å². The maximum absolute atomic E-state index is 11.3. The number of hydrogen-bond acceptors (Lipinski definition) is 5. The second-order valence-corrected chi connectivity index (χ2v) is 8.47. The highest BCUT2D eigenvalue weighted by Gasteiger charge is 2.18. The monoisotopic (exact) mass is 389 g/mol. The van der Waals surface area contributed by atoms with Crippen molar-refractivity contribution >= 4 is 15.7 Å². The molecule has 6 nitrogen and oxygen atoms in total. The molecule has 2 aromatic rings. The molecule has 1 heterocycles. The van der Waals surface area contributed by atoms with Crippen molar-refractivity contribution in [1.29, 1.82) is 0 Å². The number of aryl methyl sites for hydroxylation is 1. The van der Waals surface area contributed by atoms with Crippen molar-refractivity contribution in [1.82, 2.24) is 4.90 Å². The van der Waals surface area contributed by atoms with Crippen molar-refractivity contribution < 1.29 is 13.2 Å². The molecular formula is C20H27N3O3S. The fourth-order valence-corrected chi connectivity index (χ4v) is 3.82. The molecule has 7 heteroatoms. The minimum atomic E-state index is -3.66. The highest BCUT2D eigenvalue weighted by atomic mass is 32.2. The van der Waals surface area contributed by atoms with E-state index >= 15 is 0 Å². The molecule has 27 heavy (non-hydrogen) atoms. The third kappa shape index (κ3) is 5.00. The predicted octanol–water partition coefficient (Wildman–Crippen LogP) is 2.15. The number of primary sulfonamides is 1. The van der Waals surface area contributed by atoms with Crippen LogP contribution in [-0.4, -0.2) is 52.6 Å². The lowest BCUT2D eigenvalue weighted by atomic mass is 10.1. The molecule has 0 radical (unpaired) electrons. The number of nitrogens with zero attached hydrogens (tertiary/aromatic N) is 2. The second-order valence-electron chi connectivity index (χ2n) is 6.91. The first-order valence-corrected chi connectivity index (χ1v) is 10.7. The summed E-state index contributed by atoms with van der Waals surface area (Å²) in [6, 6.07) is 12.7. The molecular weight excluding hydrogens is 362 g/mol. The van der Waals surface area contributed by atoms with Gasteiger partial charge in [-0.1, -0.05) is 12.1 Å². The fraction of sp³-hybridized carbons (Fsp3) is 0.400. The van der Waals surface area contributed by atoms with Gasteiger partial charge in [0.2, 0.25) is 10.0 Å². The minimum Gasteiger partial charge on any atom is -0.492 e. The Labute approximate surface area is 161 Å². The van der Waals surface area contributed by atoms with Gasteiger partial charge in [-0.3, -0.25) is 4.90 Å². The first-order chi connectivity index (χ1) is 12.8. The van der Waals surface area contributed by atoms with E-state index in [4.69, 9.17) is 9.88 Å². The summed E-state index contributed by atoms with van der Waals surface area (Å²) in [5.74, 6) is 0.649. The van der Waals surface area contributed by atoms with E-state index in [0.717, 1.165) is 32.7 Å². The highest BCUT2D eigenvalue weighted by Crippen LogP contribution is 2.23. The number of hydrogen-bond donors (Lipinski definition) is 1. The smallest absolute Gasteiger partial charge is 0.238 e. The number of sulfonamides is 1. The van der Waals surface area contributed by atoms with Crippen LogP contribution in [0.15, 0.2) is 47.4 Å². The maximum atomic E-state index is 11.3. The zero-order chi connectivity index (χ0) is 19.4. The predicted molar refractivity (Wildman–Crippen MR) is 108 cm³/mol. The van der Waals surface area contributed by atoms with Crippen molar-refractivity contribution in [2.45, 2.75) is 18.7 Å². The van der Waals surface area contributed by atoms with Crippen LogP contribution < -0.4 is 14.8 Å². The number of anilines is 1. The van der Waals surface area contributed by atoms with Gasteiger partial charge in [0.25, 0.3) is 0 Å². The van der Waals surface area contributed by atoms with Gasteiger partial charge in [0.15, 0.2) is 0 Å². The average molecular weight is 390 g/mol. The molecule has 146 valence electrons. The summed E-state index contributed by atoms with van der Waals surface area (Å²) in [6.45, 7) is 9.77. The van der Waals surface area contributed by atoms with E-state index in [2.05, 4.69) is 41.8 Å². The molecule has 1 aliphatic rings. The quantitative estimate of drug-likeness (QED) is 0.819. The first kappa shape index (κ1) is 19.7. The van der Waals surface area contributed by atoms with Crippen LogP contribution in [0.1, 0.15) is 11.1 Å². The van der Waals surface area contributed by atoms with Gasteiger partial charge in [-0.05, 0) is 55.3 Å². The number of nitrogens with two attached hydrogens (primary N) is 1. The molecule has 1 saturated heterocycles. The molecule has 0 amide bonds. The van der Waals surface area contributed by atoms with E-state index in [1.54, 1.807) is 12.1 Å². The lowest BCUT2D eigenvalue weighted by molar-refractivity contribution is 0.200. The van der Waals surface area contributed by atoms with Crippen molar-refractivity contribution in [2.75, 3.05) is 44.2 Å². The van der Waals surface area contributed by atoms with E-state index in [9.17, 15) is 8.42 Å². The van der Waals surface area contributed by atoms with Crippen LogP contribution in [0.25, 0.3) is 0 Å². The molecule has 0 bridgehead atoms. The minimum absolute atomic E-state index is 0.0948. The van der Waals surface area contributed by atoms with Gasteiger partial charge in [-0.2, -0.15) is 0 Å². The normalized spacial score (nSPS) is 15.7. The van der Waals surface area contributed by atoms with Crippen LogP contribution in [0.4, 0.5) is 5.69 Å². The van der Waals surface area contributed by atoms with Gasteiger partial charge >= 0.3 is 0 Å². The molecule has 0 saturated carbocycles. The average Bonchev–Trinajstić information content (AvgIpc) is 2.64. The molecule has 0 aromatic heterocycles. The van der Waals surface area contributed by atoms with Gasteiger partial charge in [-0.25, -0.2) is 13.6 Å².